The Hall–Kier alpha value is -2.07. The highest BCUT2D eigenvalue weighted by molar-refractivity contribution is 5.87. The van der Waals surface area contributed by atoms with E-state index in [1.54, 1.807) is 6.07 Å². The van der Waals surface area contributed by atoms with Crippen molar-refractivity contribution in [3.05, 3.63) is 59.0 Å². The van der Waals surface area contributed by atoms with Gasteiger partial charge in [0.2, 0.25) is 5.76 Å². The van der Waals surface area contributed by atoms with E-state index in [0.29, 0.717) is 6.54 Å². The number of carbonyl (C=O) groups is 1. The Kier molecular flexibility index (Phi) is 5.17. The SMILES string of the molecule is CCC(NCc1ccoc1C(=O)OC)c1ccc(C)cc1. The van der Waals surface area contributed by atoms with Gasteiger partial charge < -0.3 is 14.5 Å². The number of furan rings is 1. The Labute approximate surface area is 125 Å². The van der Waals surface area contributed by atoms with Gasteiger partial charge in [0.05, 0.1) is 13.4 Å². The highest BCUT2D eigenvalue weighted by atomic mass is 16.5. The second-order valence-electron chi connectivity index (χ2n) is 5.02. The Morgan fingerprint density at radius 3 is 2.62 bits per heavy atom. The monoisotopic (exact) mass is 287 g/mol. The molecule has 1 aromatic carbocycles. The van der Waals surface area contributed by atoms with Gasteiger partial charge >= 0.3 is 5.97 Å². The van der Waals surface area contributed by atoms with Crippen LogP contribution in [0.2, 0.25) is 0 Å². The van der Waals surface area contributed by atoms with Gasteiger partial charge in [-0.3, -0.25) is 0 Å². The molecule has 0 spiro atoms. The second kappa shape index (κ2) is 7.09. The maximum Gasteiger partial charge on any atom is 0.374 e. The summed E-state index contributed by atoms with van der Waals surface area (Å²) in [6.45, 7) is 4.77. The third-order valence-corrected chi connectivity index (χ3v) is 3.54. The number of methoxy groups -OCH3 is 1. The molecule has 1 unspecified atom stereocenters. The minimum Gasteiger partial charge on any atom is -0.463 e. The maximum absolute atomic E-state index is 11.6. The van der Waals surface area contributed by atoms with Crippen LogP contribution < -0.4 is 5.32 Å². The molecule has 0 fully saturated rings. The van der Waals surface area contributed by atoms with Crippen LogP contribution in [0.15, 0.2) is 41.0 Å². The molecule has 0 amide bonds. The van der Waals surface area contributed by atoms with Crippen molar-refractivity contribution in [1.82, 2.24) is 5.32 Å². The number of benzene rings is 1. The number of nitrogens with one attached hydrogen (secondary N) is 1. The number of ether oxygens (including phenoxy) is 1. The van der Waals surface area contributed by atoms with Crippen LogP contribution in [0.4, 0.5) is 0 Å². The van der Waals surface area contributed by atoms with Crippen LogP contribution in [-0.4, -0.2) is 13.1 Å². The number of aryl methyl sites for hydroxylation is 1. The van der Waals surface area contributed by atoms with E-state index in [0.717, 1.165) is 12.0 Å². The lowest BCUT2D eigenvalue weighted by molar-refractivity contribution is 0.0563. The summed E-state index contributed by atoms with van der Waals surface area (Å²) < 4.78 is 9.90. The molecule has 4 heteroatoms. The average molecular weight is 287 g/mol. The van der Waals surface area contributed by atoms with Crippen LogP contribution in [0.1, 0.15) is 46.6 Å². The zero-order valence-electron chi connectivity index (χ0n) is 12.7. The summed E-state index contributed by atoms with van der Waals surface area (Å²) in [4.78, 5) is 11.6. The average Bonchev–Trinajstić information content (AvgIpc) is 2.97. The topological polar surface area (TPSA) is 51.5 Å². The van der Waals surface area contributed by atoms with E-state index < -0.39 is 5.97 Å². The highest BCUT2D eigenvalue weighted by Crippen LogP contribution is 2.19. The molecule has 1 heterocycles. The Bertz CT molecular complexity index is 586. The Balaban J connectivity index is 2.05. The molecule has 1 atom stereocenters. The molecule has 112 valence electrons. The molecular formula is C17H21NO3. The van der Waals surface area contributed by atoms with E-state index in [1.165, 1.54) is 24.5 Å². The van der Waals surface area contributed by atoms with Gasteiger partial charge in [-0.1, -0.05) is 36.8 Å². The van der Waals surface area contributed by atoms with Crippen molar-refractivity contribution in [3.63, 3.8) is 0 Å². The summed E-state index contributed by atoms with van der Waals surface area (Å²) in [5.41, 5.74) is 3.30. The van der Waals surface area contributed by atoms with Crippen LogP contribution in [0.5, 0.6) is 0 Å². The van der Waals surface area contributed by atoms with Gasteiger partial charge in [-0.2, -0.15) is 0 Å². The van der Waals surface area contributed by atoms with Crippen LogP contribution >= 0.6 is 0 Å². The van der Waals surface area contributed by atoms with Crippen LogP contribution in [0.3, 0.4) is 0 Å². The first-order chi connectivity index (χ1) is 10.2. The lowest BCUT2D eigenvalue weighted by Gasteiger charge is -2.17. The molecule has 1 N–H and O–H groups in total. The summed E-state index contributed by atoms with van der Waals surface area (Å²) in [7, 11) is 1.35. The minimum atomic E-state index is -0.444. The lowest BCUT2D eigenvalue weighted by atomic mass is 10.0. The fourth-order valence-electron chi connectivity index (χ4n) is 2.28. The molecule has 1 aromatic heterocycles. The van der Waals surface area contributed by atoms with Gasteiger partial charge in [-0.25, -0.2) is 4.79 Å². The fraction of sp³-hybridized carbons (Fsp3) is 0.353. The molecular weight excluding hydrogens is 266 g/mol. The summed E-state index contributed by atoms with van der Waals surface area (Å²) in [5, 5.41) is 3.46. The molecule has 0 aliphatic carbocycles. The first-order valence-corrected chi connectivity index (χ1v) is 7.10. The summed E-state index contributed by atoms with van der Waals surface area (Å²) in [6.07, 6.45) is 2.48. The van der Waals surface area contributed by atoms with E-state index in [1.807, 2.05) is 0 Å². The number of hydrogen-bond acceptors (Lipinski definition) is 4. The van der Waals surface area contributed by atoms with Crippen molar-refractivity contribution in [3.8, 4) is 0 Å². The molecule has 2 aromatic rings. The second-order valence-corrected chi connectivity index (χ2v) is 5.02. The lowest BCUT2D eigenvalue weighted by Crippen LogP contribution is -2.21. The third kappa shape index (κ3) is 3.73. The molecule has 0 aliphatic heterocycles. The van der Waals surface area contributed by atoms with Crippen molar-refractivity contribution in [2.45, 2.75) is 32.9 Å². The molecule has 21 heavy (non-hydrogen) atoms. The van der Waals surface area contributed by atoms with E-state index >= 15 is 0 Å². The van der Waals surface area contributed by atoms with Crippen molar-refractivity contribution in [1.29, 1.82) is 0 Å². The van der Waals surface area contributed by atoms with Gasteiger partial charge in [0.25, 0.3) is 0 Å². The Morgan fingerprint density at radius 2 is 2.00 bits per heavy atom. The first kappa shape index (κ1) is 15.3. The maximum atomic E-state index is 11.6. The van der Waals surface area contributed by atoms with Crippen molar-refractivity contribution in [2.75, 3.05) is 7.11 Å². The standard InChI is InChI=1S/C17H21NO3/c1-4-15(13-7-5-12(2)6-8-13)18-11-14-9-10-21-16(14)17(19)20-3/h5-10,15,18H,4,11H2,1-3H3. The van der Waals surface area contributed by atoms with Gasteiger partial charge in [-0.15, -0.1) is 0 Å². The number of carbonyl (C=O) groups excluding carboxylic acids is 1. The largest absolute Gasteiger partial charge is 0.463 e. The van der Waals surface area contributed by atoms with Crippen molar-refractivity contribution >= 4 is 5.97 Å². The summed E-state index contributed by atoms with van der Waals surface area (Å²) in [5.74, 6) is -0.177. The van der Waals surface area contributed by atoms with Gasteiger partial charge in [0.15, 0.2) is 0 Å². The van der Waals surface area contributed by atoms with Crippen LogP contribution in [0, 0.1) is 6.92 Å². The van der Waals surface area contributed by atoms with Gasteiger partial charge in [0.1, 0.15) is 0 Å². The zero-order valence-corrected chi connectivity index (χ0v) is 12.7. The van der Waals surface area contributed by atoms with Crippen LogP contribution in [-0.2, 0) is 11.3 Å². The van der Waals surface area contributed by atoms with Crippen molar-refractivity contribution < 1.29 is 13.9 Å². The summed E-state index contributed by atoms with van der Waals surface area (Å²) in [6, 6.07) is 10.5. The number of rotatable bonds is 6. The van der Waals surface area contributed by atoms with E-state index in [2.05, 4.69) is 43.4 Å². The van der Waals surface area contributed by atoms with Crippen LogP contribution in [0.25, 0.3) is 0 Å². The molecule has 0 saturated carbocycles. The normalized spacial score (nSPS) is 12.1. The smallest absolute Gasteiger partial charge is 0.374 e. The molecule has 2 rings (SSSR count). The number of esters is 1. The number of hydrogen-bond donors (Lipinski definition) is 1. The van der Waals surface area contributed by atoms with E-state index in [9.17, 15) is 4.79 Å². The summed E-state index contributed by atoms with van der Waals surface area (Å²) >= 11 is 0. The highest BCUT2D eigenvalue weighted by Gasteiger charge is 2.17. The predicted octanol–water partition coefficient (Wildman–Crippen LogP) is 3.62. The first-order valence-electron chi connectivity index (χ1n) is 7.10. The van der Waals surface area contributed by atoms with Crippen molar-refractivity contribution in [2.24, 2.45) is 0 Å². The van der Waals surface area contributed by atoms with Gasteiger partial charge in [0, 0.05) is 18.2 Å². The zero-order chi connectivity index (χ0) is 15.2. The molecule has 0 radical (unpaired) electrons. The molecule has 4 nitrogen and oxygen atoms in total. The van der Waals surface area contributed by atoms with E-state index in [4.69, 9.17) is 9.15 Å². The predicted molar refractivity (Wildman–Crippen MR) is 81.1 cm³/mol. The third-order valence-electron chi connectivity index (χ3n) is 3.54. The Morgan fingerprint density at radius 1 is 1.29 bits per heavy atom. The molecule has 0 aliphatic rings. The fourth-order valence-corrected chi connectivity index (χ4v) is 2.28. The molecule has 0 bridgehead atoms. The van der Waals surface area contributed by atoms with Gasteiger partial charge in [-0.05, 0) is 25.0 Å². The minimum absolute atomic E-state index is 0.242. The molecule has 0 saturated heterocycles. The quantitative estimate of drug-likeness (QED) is 0.824. The van der Waals surface area contributed by atoms with E-state index in [-0.39, 0.29) is 11.8 Å².